The monoisotopic (exact) mass is 295 g/mol. The number of amides is 1. The van der Waals surface area contributed by atoms with Crippen LogP contribution in [0.15, 0.2) is 42.7 Å². The van der Waals surface area contributed by atoms with E-state index in [0.29, 0.717) is 24.2 Å². The average molecular weight is 295 g/mol. The lowest BCUT2D eigenvalue weighted by atomic mass is 10.1. The molecule has 22 heavy (non-hydrogen) atoms. The van der Waals surface area contributed by atoms with Crippen LogP contribution in [0, 0.1) is 0 Å². The van der Waals surface area contributed by atoms with Crippen molar-refractivity contribution in [3.8, 4) is 0 Å². The van der Waals surface area contributed by atoms with Crippen molar-refractivity contribution in [1.29, 1.82) is 0 Å². The van der Waals surface area contributed by atoms with Gasteiger partial charge in [0, 0.05) is 31.0 Å². The van der Waals surface area contributed by atoms with E-state index in [2.05, 4.69) is 20.4 Å². The van der Waals surface area contributed by atoms with Gasteiger partial charge in [-0.1, -0.05) is 0 Å². The number of fused-ring (bicyclic) bond motifs is 1. The molecule has 2 aromatic heterocycles. The molecule has 0 aliphatic carbocycles. The fraction of sp³-hybridized carbons (Fsp3) is 0.250. The number of hydrogen-bond donors (Lipinski definition) is 1. The van der Waals surface area contributed by atoms with E-state index in [9.17, 15) is 4.79 Å². The zero-order valence-electron chi connectivity index (χ0n) is 12.4. The number of H-pyrrole nitrogens is 1. The van der Waals surface area contributed by atoms with Crippen LogP contribution in [-0.2, 0) is 6.42 Å². The molecule has 0 radical (unpaired) electrons. The minimum absolute atomic E-state index is 0.0152. The first-order valence-corrected chi connectivity index (χ1v) is 7.26. The van der Waals surface area contributed by atoms with Crippen LogP contribution >= 0.6 is 0 Å². The maximum atomic E-state index is 12.6. The number of aromatic nitrogens is 4. The van der Waals surface area contributed by atoms with Crippen molar-refractivity contribution in [2.24, 2.45) is 0 Å². The number of aromatic amines is 1. The Morgan fingerprint density at radius 3 is 2.68 bits per heavy atom. The van der Waals surface area contributed by atoms with E-state index in [1.165, 1.54) is 5.56 Å². The molecule has 1 aromatic carbocycles. The number of carbonyl (C=O) groups excluding carboxylic acids is 1. The number of benzene rings is 1. The van der Waals surface area contributed by atoms with Gasteiger partial charge < -0.3 is 4.90 Å². The predicted octanol–water partition coefficient (Wildman–Crippen LogP) is 2.06. The molecule has 1 amide bonds. The Balaban J connectivity index is 1.73. The molecule has 0 aliphatic rings. The fourth-order valence-corrected chi connectivity index (χ4v) is 2.37. The van der Waals surface area contributed by atoms with Gasteiger partial charge in [-0.05, 0) is 49.2 Å². The van der Waals surface area contributed by atoms with Crippen LogP contribution in [0.5, 0.6) is 0 Å². The smallest absolute Gasteiger partial charge is 0.253 e. The largest absolute Gasteiger partial charge is 0.339 e. The predicted molar refractivity (Wildman–Crippen MR) is 83.4 cm³/mol. The molecule has 0 saturated carbocycles. The molecule has 0 atom stereocenters. The minimum Gasteiger partial charge on any atom is -0.339 e. The van der Waals surface area contributed by atoms with Crippen molar-refractivity contribution >= 4 is 16.9 Å². The van der Waals surface area contributed by atoms with Gasteiger partial charge in [-0.3, -0.25) is 9.78 Å². The Hall–Kier alpha value is -2.76. The molecule has 112 valence electrons. The molecule has 0 unspecified atom stereocenters. The first-order valence-electron chi connectivity index (χ1n) is 7.26. The highest BCUT2D eigenvalue weighted by Crippen LogP contribution is 2.13. The number of likely N-dealkylation sites (N-methyl/N-ethyl adjacent to an activating group) is 1. The summed E-state index contributed by atoms with van der Waals surface area (Å²) in [4.78, 5) is 18.5. The highest BCUT2D eigenvalue weighted by atomic mass is 16.2. The topological polar surface area (TPSA) is 74.8 Å². The molecule has 0 bridgehead atoms. The van der Waals surface area contributed by atoms with E-state index in [-0.39, 0.29) is 5.91 Å². The number of pyridine rings is 1. The van der Waals surface area contributed by atoms with Crippen LogP contribution in [0.1, 0.15) is 22.8 Å². The third kappa shape index (κ3) is 2.95. The molecular weight excluding hydrogens is 278 g/mol. The first-order chi connectivity index (χ1) is 10.8. The standard InChI is InChI=1S/C16H17N5O/c1-2-21(10-7-12-5-8-17-9-6-12)16(22)13-3-4-14-15(11-13)19-20-18-14/h3-6,8-9,11H,2,7,10H2,1H3,(H,18,19,20). The summed E-state index contributed by atoms with van der Waals surface area (Å²) in [5.74, 6) is 0.0152. The van der Waals surface area contributed by atoms with Gasteiger partial charge in [-0.25, -0.2) is 0 Å². The minimum atomic E-state index is 0.0152. The van der Waals surface area contributed by atoms with Gasteiger partial charge in [0.25, 0.3) is 5.91 Å². The Bertz CT molecular complexity index is 768. The van der Waals surface area contributed by atoms with Crippen LogP contribution in [0.4, 0.5) is 0 Å². The van der Waals surface area contributed by atoms with E-state index in [4.69, 9.17) is 0 Å². The normalized spacial score (nSPS) is 10.8. The molecule has 3 rings (SSSR count). The van der Waals surface area contributed by atoms with Crippen molar-refractivity contribution < 1.29 is 4.79 Å². The lowest BCUT2D eigenvalue weighted by molar-refractivity contribution is 0.0766. The molecule has 6 nitrogen and oxygen atoms in total. The van der Waals surface area contributed by atoms with Crippen molar-refractivity contribution in [1.82, 2.24) is 25.3 Å². The van der Waals surface area contributed by atoms with Crippen molar-refractivity contribution in [3.05, 3.63) is 53.9 Å². The van der Waals surface area contributed by atoms with E-state index < -0.39 is 0 Å². The van der Waals surface area contributed by atoms with Crippen molar-refractivity contribution in [2.75, 3.05) is 13.1 Å². The van der Waals surface area contributed by atoms with Crippen molar-refractivity contribution in [3.63, 3.8) is 0 Å². The zero-order valence-corrected chi connectivity index (χ0v) is 12.4. The maximum Gasteiger partial charge on any atom is 0.253 e. The number of rotatable bonds is 5. The van der Waals surface area contributed by atoms with Crippen LogP contribution in [-0.4, -0.2) is 44.3 Å². The highest BCUT2D eigenvalue weighted by Gasteiger charge is 2.15. The first kappa shape index (κ1) is 14.2. The lowest BCUT2D eigenvalue weighted by Crippen LogP contribution is -2.32. The molecule has 0 aliphatic heterocycles. The van der Waals surface area contributed by atoms with Crippen LogP contribution in [0.3, 0.4) is 0 Å². The average Bonchev–Trinajstić information content (AvgIpc) is 3.03. The Kier molecular flexibility index (Phi) is 4.09. The molecule has 1 N–H and O–H groups in total. The van der Waals surface area contributed by atoms with Gasteiger partial charge in [0.2, 0.25) is 0 Å². The quantitative estimate of drug-likeness (QED) is 0.782. The second kappa shape index (κ2) is 6.34. The second-order valence-corrected chi connectivity index (χ2v) is 5.02. The van der Waals surface area contributed by atoms with Gasteiger partial charge in [0.15, 0.2) is 0 Å². The molecule has 6 heteroatoms. The summed E-state index contributed by atoms with van der Waals surface area (Å²) in [7, 11) is 0. The summed E-state index contributed by atoms with van der Waals surface area (Å²) in [6.45, 7) is 3.33. The number of nitrogens with one attached hydrogen (secondary N) is 1. The van der Waals surface area contributed by atoms with E-state index in [0.717, 1.165) is 11.9 Å². The Labute approximate surface area is 128 Å². The van der Waals surface area contributed by atoms with Crippen LogP contribution < -0.4 is 0 Å². The highest BCUT2D eigenvalue weighted by molar-refractivity contribution is 5.97. The van der Waals surface area contributed by atoms with Gasteiger partial charge >= 0.3 is 0 Å². The van der Waals surface area contributed by atoms with E-state index in [1.807, 2.05) is 30.0 Å². The van der Waals surface area contributed by atoms with Gasteiger partial charge in [0.1, 0.15) is 11.0 Å². The summed E-state index contributed by atoms with van der Waals surface area (Å²) in [6.07, 6.45) is 4.35. The molecule has 0 saturated heterocycles. The Morgan fingerprint density at radius 2 is 1.91 bits per heavy atom. The second-order valence-electron chi connectivity index (χ2n) is 5.02. The summed E-state index contributed by atoms with van der Waals surface area (Å²) >= 11 is 0. The summed E-state index contributed by atoms with van der Waals surface area (Å²) in [5, 5.41) is 10.6. The number of hydrogen-bond acceptors (Lipinski definition) is 4. The van der Waals surface area contributed by atoms with Crippen LogP contribution in [0.2, 0.25) is 0 Å². The number of carbonyl (C=O) groups is 1. The number of nitrogens with zero attached hydrogens (tertiary/aromatic N) is 4. The van der Waals surface area contributed by atoms with Gasteiger partial charge in [-0.15, -0.1) is 0 Å². The van der Waals surface area contributed by atoms with E-state index >= 15 is 0 Å². The van der Waals surface area contributed by atoms with E-state index in [1.54, 1.807) is 24.5 Å². The molecular formula is C16H17N5O. The third-order valence-corrected chi connectivity index (χ3v) is 3.65. The molecule has 2 heterocycles. The summed E-state index contributed by atoms with van der Waals surface area (Å²) in [6, 6.07) is 9.32. The SMILES string of the molecule is CCN(CCc1ccncc1)C(=O)c1ccc2n[nH]nc2c1. The molecule has 0 fully saturated rings. The third-order valence-electron chi connectivity index (χ3n) is 3.65. The zero-order chi connectivity index (χ0) is 15.4. The summed E-state index contributed by atoms with van der Waals surface area (Å²) in [5.41, 5.74) is 3.28. The fourth-order valence-electron chi connectivity index (χ4n) is 2.37. The summed E-state index contributed by atoms with van der Waals surface area (Å²) < 4.78 is 0. The molecule has 0 spiro atoms. The Morgan fingerprint density at radius 1 is 1.14 bits per heavy atom. The lowest BCUT2D eigenvalue weighted by Gasteiger charge is -2.21. The maximum absolute atomic E-state index is 12.6. The van der Waals surface area contributed by atoms with Crippen LogP contribution in [0.25, 0.3) is 11.0 Å². The molecule has 3 aromatic rings. The van der Waals surface area contributed by atoms with Gasteiger partial charge in [-0.2, -0.15) is 15.4 Å². The van der Waals surface area contributed by atoms with Crippen molar-refractivity contribution in [2.45, 2.75) is 13.3 Å². The van der Waals surface area contributed by atoms with Gasteiger partial charge in [0.05, 0.1) is 0 Å².